The third kappa shape index (κ3) is 18.7. The zero-order valence-corrected chi connectivity index (χ0v) is 50.8. The van der Waals surface area contributed by atoms with E-state index in [1.807, 2.05) is 39.0 Å². The van der Waals surface area contributed by atoms with E-state index in [-0.39, 0.29) is 33.5 Å². The topological polar surface area (TPSA) is 351 Å². The van der Waals surface area contributed by atoms with Gasteiger partial charge in [-0.05, 0) is 177 Å². The molecule has 464 valence electrons. The first-order valence-electron chi connectivity index (χ1n) is 27.0. The summed E-state index contributed by atoms with van der Waals surface area (Å²) in [5.41, 5.74) is 15.2. The summed E-state index contributed by atoms with van der Waals surface area (Å²) >= 11 is 0. The number of hydrogen-bond acceptors (Lipinski definition) is 20. The molecule has 10 rings (SSSR count). The number of rotatable bonds is 8. The lowest BCUT2D eigenvalue weighted by molar-refractivity contribution is 0.00664. The maximum atomic E-state index is 12.5. The quantitative estimate of drug-likeness (QED) is 0.0974. The van der Waals surface area contributed by atoms with E-state index >= 15 is 0 Å². The number of methoxy groups -OCH3 is 2. The Morgan fingerprint density at radius 1 is 0.422 bits per heavy atom. The highest BCUT2D eigenvalue weighted by Gasteiger charge is 2.22. The van der Waals surface area contributed by atoms with Crippen LogP contribution >= 0.6 is 0 Å². The second-order valence-corrected chi connectivity index (χ2v) is 19.6. The molecule has 10 heterocycles. The van der Waals surface area contributed by atoms with E-state index in [1.165, 1.54) is 81.3 Å². The Labute approximate surface area is 514 Å². The third-order valence-corrected chi connectivity index (χ3v) is 12.2. The molecule has 90 heavy (non-hydrogen) atoms. The van der Waals surface area contributed by atoms with Gasteiger partial charge in [0.05, 0.1) is 83.1 Å². The Kier molecular flexibility index (Phi) is 24.8. The molecule has 0 fully saturated rings. The molecule has 0 radical (unpaired) electrons. The highest BCUT2D eigenvalue weighted by molar-refractivity contribution is 5.90. The van der Waals surface area contributed by atoms with Gasteiger partial charge in [-0.2, -0.15) is 0 Å². The number of carbonyl (C=O) groups excluding carboxylic acids is 3. The number of nitrogens with two attached hydrogens (primary N) is 2. The van der Waals surface area contributed by atoms with Gasteiger partial charge in [-0.3, -0.25) is 62.4 Å². The van der Waals surface area contributed by atoms with Crippen LogP contribution in [0.4, 0.5) is 11.4 Å². The molecule has 10 aromatic heterocycles. The summed E-state index contributed by atoms with van der Waals surface area (Å²) in [6.45, 7) is 14.4. The molecular formula is C65H65N11O14. The van der Waals surface area contributed by atoms with Crippen LogP contribution in [-0.2, 0) is 14.2 Å². The average Bonchev–Trinajstić information content (AvgIpc) is 1.17. The minimum absolute atomic E-state index is 0.00301. The molecule has 0 amide bonds. The summed E-state index contributed by atoms with van der Waals surface area (Å²) in [7, 11) is 2.45. The van der Waals surface area contributed by atoms with Crippen LogP contribution in [0.5, 0.6) is 0 Å². The van der Waals surface area contributed by atoms with Crippen molar-refractivity contribution >= 4 is 35.3 Å². The van der Waals surface area contributed by atoms with E-state index in [1.54, 1.807) is 151 Å². The molecule has 0 saturated carbocycles. The molecule has 25 nitrogen and oxygen atoms in total. The molecule has 0 aromatic carbocycles. The number of aryl methyl sites for hydroxylation is 5. The number of hydrogen-bond donors (Lipinski definition) is 3. The van der Waals surface area contributed by atoms with E-state index in [4.69, 9.17) is 21.3 Å². The average molecular weight is 1220 g/mol. The summed E-state index contributed by atoms with van der Waals surface area (Å²) in [4.78, 5) is 125. The minimum atomic E-state index is -1.23. The van der Waals surface area contributed by atoms with Gasteiger partial charge in [-0.1, -0.05) is 0 Å². The van der Waals surface area contributed by atoms with Crippen molar-refractivity contribution in [2.75, 3.05) is 25.7 Å². The Balaban J connectivity index is 0.000000200. The summed E-state index contributed by atoms with van der Waals surface area (Å²) in [6.07, 6.45) is 16.0. The number of ether oxygens (including phenoxy) is 3. The van der Waals surface area contributed by atoms with Gasteiger partial charge in [0.15, 0.2) is 0 Å². The fourth-order valence-corrected chi connectivity index (χ4v) is 7.72. The van der Waals surface area contributed by atoms with E-state index in [0.717, 1.165) is 22.8 Å². The van der Waals surface area contributed by atoms with Crippen LogP contribution in [0.25, 0.3) is 22.7 Å². The molecule has 0 aliphatic carbocycles. The summed E-state index contributed by atoms with van der Waals surface area (Å²) < 4.78 is 24.1. The Morgan fingerprint density at radius 2 is 0.744 bits per heavy atom. The van der Waals surface area contributed by atoms with Crippen molar-refractivity contribution in [2.45, 2.75) is 61.0 Å². The van der Waals surface area contributed by atoms with Gasteiger partial charge in [0, 0.05) is 55.8 Å². The van der Waals surface area contributed by atoms with Crippen LogP contribution in [0.3, 0.4) is 0 Å². The van der Waals surface area contributed by atoms with Gasteiger partial charge in [0.25, 0.3) is 22.2 Å². The van der Waals surface area contributed by atoms with Crippen LogP contribution in [0, 0.1) is 34.6 Å². The van der Waals surface area contributed by atoms with Crippen LogP contribution in [0.15, 0.2) is 212 Å². The van der Waals surface area contributed by atoms with Crippen molar-refractivity contribution in [3.63, 3.8) is 0 Å². The standard InChI is InChI=1S/C16H18N2O3.C13H12N2O3.C12H10N2O3.C11H11N3O.C7H6O4.C6H8N2/c1-11-13(8-5-9-17-11)18-10-6-7-12(14(18)19)15(20)21-16(2,3)4;1-9-11(6-3-7-14-9)15-8-4-5-10(12(15)16)13(17)18-2;1-8-10(5-2-6-13-8)14-7-3-4-9(11(14)15)12(16)17;1-8-10(5-2-6-13-8)14-7-3-4-9(12)11(14)15;1-10-6(8)5-3-2-4-11-7(5)9;1-5-6(7)3-2-4-8-5/h5-10H,1-4H3;3-8H,1-2H3;2-7H,1H3,(H,16,17);2-7H,12H2,1H3;2-4H,1H3;2-4H,7H2,1H3. The molecule has 0 aliphatic heterocycles. The molecule has 0 atom stereocenters. The number of esters is 3. The zero-order valence-electron chi connectivity index (χ0n) is 50.8. The van der Waals surface area contributed by atoms with Crippen molar-refractivity contribution in [1.29, 1.82) is 0 Å². The monoisotopic (exact) mass is 1220 g/mol. The molecule has 0 unspecified atom stereocenters. The van der Waals surface area contributed by atoms with Gasteiger partial charge in [-0.15, -0.1) is 0 Å². The lowest BCUT2D eigenvalue weighted by Crippen LogP contribution is -2.30. The maximum Gasteiger partial charge on any atom is 0.350 e. The Hall–Kier alpha value is -12.0. The summed E-state index contributed by atoms with van der Waals surface area (Å²) in [5.74, 6) is -3.18. The summed E-state index contributed by atoms with van der Waals surface area (Å²) in [6, 6.07) is 32.8. The molecule has 0 bridgehead atoms. The van der Waals surface area contributed by atoms with E-state index < -0.39 is 51.8 Å². The molecule has 5 N–H and O–H groups in total. The molecule has 0 aliphatic rings. The van der Waals surface area contributed by atoms with Gasteiger partial charge >= 0.3 is 29.5 Å². The normalized spacial score (nSPS) is 10.2. The van der Waals surface area contributed by atoms with E-state index in [2.05, 4.69) is 38.8 Å². The number of carbonyl (C=O) groups is 4. The van der Waals surface area contributed by atoms with Crippen LogP contribution in [-0.4, -0.2) is 92.0 Å². The largest absolute Gasteiger partial charge is 0.477 e. The molecule has 25 heteroatoms. The smallest absolute Gasteiger partial charge is 0.350 e. The number of carboxylic acids is 1. The first-order valence-corrected chi connectivity index (χ1v) is 27.0. The molecule has 10 aromatic rings. The number of pyridine rings is 9. The predicted molar refractivity (Wildman–Crippen MR) is 336 cm³/mol. The van der Waals surface area contributed by atoms with Gasteiger partial charge < -0.3 is 35.2 Å². The van der Waals surface area contributed by atoms with Crippen LogP contribution < -0.4 is 39.3 Å². The number of carboxylic acid groups (broad SMARTS) is 1. The first kappa shape index (κ1) is 68.8. The molecular weight excluding hydrogens is 1160 g/mol. The number of aromatic nitrogens is 9. The number of nitrogen functional groups attached to an aromatic ring is 2. The second-order valence-electron chi connectivity index (χ2n) is 19.6. The second kappa shape index (κ2) is 32.5. The number of anilines is 2. The van der Waals surface area contributed by atoms with E-state index in [9.17, 15) is 43.2 Å². The van der Waals surface area contributed by atoms with Crippen molar-refractivity contribution in [3.8, 4) is 22.7 Å². The van der Waals surface area contributed by atoms with Gasteiger partial charge in [0.1, 0.15) is 27.9 Å². The van der Waals surface area contributed by atoms with Gasteiger partial charge in [0.2, 0.25) is 0 Å². The summed E-state index contributed by atoms with van der Waals surface area (Å²) in [5, 5.41) is 8.88. The lowest BCUT2D eigenvalue weighted by Gasteiger charge is -2.19. The third-order valence-electron chi connectivity index (χ3n) is 12.2. The first-order chi connectivity index (χ1) is 42.8. The van der Waals surface area contributed by atoms with Crippen molar-refractivity contribution in [2.24, 2.45) is 0 Å². The number of nitrogens with zero attached hydrogens (tertiary/aromatic N) is 9. The molecule has 0 spiro atoms. The molecule has 0 saturated heterocycles. The zero-order chi connectivity index (χ0) is 66.2. The Bertz CT molecular complexity index is 4450. The minimum Gasteiger partial charge on any atom is -0.477 e. The Morgan fingerprint density at radius 3 is 1.09 bits per heavy atom. The van der Waals surface area contributed by atoms with E-state index in [0.29, 0.717) is 34.1 Å². The van der Waals surface area contributed by atoms with Crippen molar-refractivity contribution in [3.05, 3.63) is 286 Å². The maximum absolute atomic E-state index is 12.5. The lowest BCUT2D eigenvalue weighted by atomic mass is 10.2. The fourth-order valence-electron chi connectivity index (χ4n) is 7.72. The van der Waals surface area contributed by atoms with Crippen LogP contribution in [0.2, 0.25) is 0 Å². The predicted octanol–water partition coefficient (Wildman–Crippen LogP) is 7.58. The number of aromatic carboxylic acids is 1. The van der Waals surface area contributed by atoms with Crippen LogP contribution in [0.1, 0.15) is 90.7 Å². The van der Waals surface area contributed by atoms with Crippen molar-refractivity contribution < 1.29 is 42.9 Å². The highest BCUT2D eigenvalue weighted by Crippen LogP contribution is 2.15. The van der Waals surface area contributed by atoms with Crippen molar-refractivity contribution in [1.82, 2.24) is 43.2 Å². The van der Waals surface area contributed by atoms with Gasteiger partial charge in [-0.25, -0.2) is 24.0 Å². The highest BCUT2D eigenvalue weighted by atomic mass is 16.6. The fraction of sp³-hybridized carbons (Fsp3) is 0.169. The SMILES string of the molecule is COC(=O)c1cccn(-c2cccnc2C)c1=O.COC(=O)c1cccoc1=O.Cc1ncccc1-n1cccc(C(=O)O)c1=O.Cc1ncccc1-n1cccc(C(=O)OC(C)(C)C)c1=O.Cc1ncccc1-n1cccc(N)c1=O.Cc1ncccc1N.